The summed E-state index contributed by atoms with van der Waals surface area (Å²) in [6.07, 6.45) is 2.64. The molecule has 0 saturated carbocycles. The predicted octanol–water partition coefficient (Wildman–Crippen LogP) is 2.02. The molecule has 0 aliphatic carbocycles. The lowest BCUT2D eigenvalue weighted by Gasteiger charge is -2.19. The first-order valence-corrected chi connectivity index (χ1v) is 6.60. The van der Waals surface area contributed by atoms with Crippen molar-refractivity contribution in [3.05, 3.63) is 0 Å². The molecule has 1 atom stereocenters. The predicted molar refractivity (Wildman–Crippen MR) is 67.8 cm³/mol. The molecule has 0 rings (SSSR count). The number of methoxy groups -OCH3 is 2. The number of unbranched alkanes of at least 4 members (excludes halogenated alkanes) is 1. The minimum absolute atomic E-state index is 0.186. The zero-order valence-electron chi connectivity index (χ0n) is 9.67. The fourth-order valence-corrected chi connectivity index (χ4v) is 2.14. The van der Waals surface area contributed by atoms with Crippen LogP contribution in [0.1, 0.15) is 25.7 Å². The second-order valence-corrected chi connectivity index (χ2v) is 4.80. The fraction of sp³-hybridized carbons (Fsp3) is 0.900. The fourth-order valence-electron chi connectivity index (χ4n) is 1.28. The maximum atomic E-state index is 11.3. The Morgan fingerprint density at radius 1 is 1.44 bits per heavy atom. The van der Waals surface area contributed by atoms with Crippen LogP contribution >= 0.6 is 27.5 Å². The molecule has 4 nitrogen and oxygen atoms in total. The quantitative estimate of drug-likeness (QED) is 0.306. The van der Waals surface area contributed by atoms with E-state index in [-0.39, 0.29) is 17.4 Å². The van der Waals surface area contributed by atoms with Crippen molar-refractivity contribution < 1.29 is 14.3 Å². The van der Waals surface area contributed by atoms with E-state index in [9.17, 15) is 4.79 Å². The highest BCUT2D eigenvalue weighted by Gasteiger charge is 2.29. The van der Waals surface area contributed by atoms with Crippen LogP contribution in [0.5, 0.6) is 0 Å². The Labute approximate surface area is 110 Å². The molecule has 16 heavy (non-hydrogen) atoms. The molecule has 0 aliphatic heterocycles. The summed E-state index contributed by atoms with van der Waals surface area (Å²) in [4.78, 5) is 10.1. The van der Waals surface area contributed by atoms with Crippen LogP contribution < -0.4 is 5.73 Å². The van der Waals surface area contributed by atoms with Crippen molar-refractivity contribution in [3.63, 3.8) is 0 Å². The van der Waals surface area contributed by atoms with Crippen LogP contribution in [-0.4, -0.2) is 36.6 Å². The van der Waals surface area contributed by atoms with Gasteiger partial charge in [0.1, 0.15) is 0 Å². The molecule has 0 heterocycles. The van der Waals surface area contributed by atoms with Gasteiger partial charge in [-0.3, -0.25) is 4.79 Å². The van der Waals surface area contributed by atoms with E-state index >= 15 is 0 Å². The molecule has 0 aromatic heterocycles. The highest BCUT2D eigenvalue weighted by molar-refractivity contribution is 9.09. The van der Waals surface area contributed by atoms with Gasteiger partial charge in [-0.1, -0.05) is 27.5 Å². The van der Waals surface area contributed by atoms with Crippen LogP contribution in [0, 0.1) is 0 Å². The smallest absolute Gasteiger partial charge is 0.178 e. The first-order valence-electron chi connectivity index (χ1n) is 5.10. The zero-order chi connectivity index (χ0) is 12.6. The molecule has 6 heteroatoms. The van der Waals surface area contributed by atoms with E-state index in [1.807, 2.05) is 0 Å². The lowest BCUT2D eigenvalue weighted by molar-refractivity contribution is -0.119. The third-order valence-electron chi connectivity index (χ3n) is 2.34. The summed E-state index contributed by atoms with van der Waals surface area (Å²) in [5.41, 5.74) is 5.68. The maximum Gasteiger partial charge on any atom is 0.178 e. The number of nitrogens with two attached hydrogens (primary N) is 1. The van der Waals surface area contributed by atoms with Gasteiger partial charge in [0.2, 0.25) is 0 Å². The Kier molecular flexibility index (Phi) is 8.58. The number of hydrogen-bond acceptors (Lipinski definition) is 4. The van der Waals surface area contributed by atoms with Crippen LogP contribution in [0.15, 0.2) is 0 Å². The van der Waals surface area contributed by atoms with Gasteiger partial charge in [-0.2, -0.15) is 0 Å². The Balaban J connectivity index is 3.77. The highest BCUT2D eigenvalue weighted by Crippen LogP contribution is 2.20. The van der Waals surface area contributed by atoms with Crippen LogP contribution in [0.2, 0.25) is 0 Å². The van der Waals surface area contributed by atoms with E-state index in [1.54, 1.807) is 14.2 Å². The molecular formula is C10H19BrClNO3. The first-order chi connectivity index (χ1) is 7.47. The molecule has 0 aromatic carbocycles. The number of alkyl halides is 2. The van der Waals surface area contributed by atoms with Gasteiger partial charge in [0.25, 0.3) is 0 Å². The number of carbonyl (C=O) groups excluding carboxylic acids is 1. The first kappa shape index (κ1) is 16.3. The summed E-state index contributed by atoms with van der Waals surface area (Å²) in [7, 11) is 3.19. The number of hydrogen-bond donors (Lipinski definition) is 1. The molecule has 0 fully saturated rings. The minimum Gasteiger partial charge on any atom is -0.356 e. The van der Waals surface area contributed by atoms with Gasteiger partial charge in [-0.25, -0.2) is 0 Å². The third-order valence-corrected chi connectivity index (χ3v) is 3.25. The molecule has 0 amide bonds. The highest BCUT2D eigenvalue weighted by atomic mass is 79.9. The minimum atomic E-state index is -1.25. The number of ketones is 1. The van der Waals surface area contributed by atoms with E-state index in [4.69, 9.17) is 26.8 Å². The molecule has 0 aliphatic rings. The number of rotatable bonds is 9. The van der Waals surface area contributed by atoms with Gasteiger partial charge in [-0.05, 0) is 25.7 Å². The van der Waals surface area contributed by atoms with Gasteiger partial charge in [0, 0.05) is 14.2 Å². The molecule has 0 aromatic rings. The van der Waals surface area contributed by atoms with Crippen molar-refractivity contribution in [2.75, 3.05) is 19.5 Å². The van der Waals surface area contributed by atoms with Crippen molar-refractivity contribution in [2.45, 2.75) is 37.0 Å². The van der Waals surface area contributed by atoms with Gasteiger partial charge in [0.05, 0.1) is 5.33 Å². The van der Waals surface area contributed by atoms with E-state index in [0.29, 0.717) is 6.42 Å². The van der Waals surface area contributed by atoms with Crippen molar-refractivity contribution in [1.29, 1.82) is 0 Å². The lowest BCUT2D eigenvalue weighted by Crippen LogP contribution is -2.43. The van der Waals surface area contributed by atoms with Crippen LogP contribution in [0.4, 0.5) is 0 Å². The van der Waals surface area contributed by atoms with Gasteiger partial charge >= 0.3 is 0 Å². The molecule has 0 spiro atoms. The normalized spacial score (nSPS) is 15.1. The number of ether oxygens (including phenoxy) is 2. The van der Waals surface area contributed by atoms with Crippen molar-refractivity contribution in [2.24, 2.45) is 5.73 Å². The van der Waals surface area contributed by atoms with E-state index in [0.717, 1.165) is 19.3 Å². The largest absolute Gasteiger partial charge is 0.356 e. The third kappa shape index (κ3) is 6.15. The second-order valence-electron chi connectivity index (χ2n) is 3.57. The molecule has 0 bridgehead atoms. The number of halogens is 2. The summed E-state index contributed by atoms with van der Waals surface area (Å²) in [5.74, 6) is -0.191. The van der Waals surface area contributed by atoms with Gasteiger partial charge in [-0.15, -0.1) is 0 Å². The van der Waals surface area contributed by atoms with Crippen LogP contribution in [0.3, 0.4) is 0 Å². The Morgan fingerprint density at radius 2 is 2.00 bits per heavy atom. The molecule has 1 unspecified atom stereocenters. The topological polar surface area (TPSA) is 61.5 Å². The summed E-state index contributed by atoms with van der Waals surface area (Å²) in [6.45, 7) is 0. The number of carbonyl (C=O) groups is 1. The zero-order valence-corrected chi connectivity index (χ0v) is 12.0. The molecule has 96 valence electrons. The van der Waals surface area contributed by atoms with Gasteiger partial charge in [0.15, 0.2) is 17.1 Å². The standard InChI is InChI=1S/C10H19BrClNO3/c1-15-9(16-2)5-3-4-6-10(12,13)8(14)7-11/h9H,3-7,13H2,1-2H3. The average Bonchev–Trinajstić information content (AvgIpc) is 2.28. The van der Waals surface area contributed by atoms with Crippen molar-refractivity contribution in [1.82, 2.24) is 0 Å². The Hall–Kier alpha value is 0.320. The van der Waals surface area contributed by atoms with Crippen molar-refractivity contribution in [3.8, 4) is 0 Å². The van der Waals surface area contributed by atoms with E-state index in [1.165, 1.54) is 0 Å². The molecule has 0 saturated heterocycles. The Bertz CT molecular complexity index is 210. The van der Waals surface area contributed by atoms with Crippen molar-refractivity contribution >= 4 is 33.3 Å². The molecular weight excluding hydrogens is 297 g/mol. The Morgan fingerprint density at radius 3 is 2.44 bits per heavy atom. The van der Waals surface area contributed by atoms with E-state index < -0.39 is 5.00 Å². The van der Waals surface area contributed by atoms with Gasteiger partial charge < -0.3 is 15.2 Å². The monoisotopic (exact) mass is 315 g/mol. The molecule has 0 radical (unpaired) electrons. The van der Waals surface area contributed by atoms with E-state index in [2.05, 4.69) is 15.9 Å². The van der Waals surface area contributed by atoms with Crippen LogP contribution in [0.25, 0.3) is 0 Å². The maximum absolute atomic E-state index is 11.3. The summed E-state index contributed by atoms with van der Waals surface area (Å²) in [5, 5.41) is 0.186. The summed E-state index contributed by atoms with van der Waals surface area (Å²) in [6, 6.07) is 0. The second kappa shape index (κ2) is 8.42. The lowest BCUT2D eigenvalue weighted by atomic mass is 10.1. The summed E-state index contributed by atoms with van der Waals surface area (Å²) >= 11 is 8.96. The number of Topliss-reactive ketones (excluding diaryl/α,β-unsaturated/α-hetero) is 1. The molecule has 2 N–H and O–H groups in total. The average molecular weight is 317 g/mol. The SMILES string of the molecule is COC(CCCCC(N)(Cl)C(=O)CBr)OC. The summed E-state index contributed by atoms with van der Waals surface area (Å²) < 4.78 is 10.1. The van der Waals surface area contributed by atoms with Crippen LogP contribution in [-0.2, 0) is 14.3 Å².